The van der Waals surface area contributed by atoms with Crippen molar-refractivity contribution in [1.29, 1.82) is 0 Å². The number of amides is 2. The first-order valence-corrected chi connectivity index (χ1v) is 9.44. The second-order valence-corrected chi connectivity index (χ2v) is 8.29. The normalized spacial score (nSPS) is 27.3. The zero-order valence-electron chi connectivity index (χ0n) is 15.8. The van der Waals surface area contributed by atoms with Crippen molar-refractivity contribution < 1.29 is 19.0 Å². The van der Waals surface area contributed by atoms with Gasteiger partial charge in [-0.1, -0.05) is 0 Å². The fourth-order valence-electron chi connectivity index (χ4n) is 4.04. The molecule has 26 heavy (non-hydrogen) atoms. The molecule has 2 atom stereocenters. The number of hydrogen-bond donors (Lipinski definition) is 1. The van der Waals surface area contributed by atoms with E-state index < -0.39 is 5.60 Å². The molecule has 4 rings (SSSR count). The van der Waals surface area contributed by atoms with E-state index in [9.17, 15) is 4.79 Å². The quantitative estimate of drug-likeness (QED) is 0.900. The van der Waals surface area contributed by atoms with Gasteiger partial charge in [-0.3, -0.25) is 0 Å². The Morgan fingerprint density at radius 1 is 1.31 bits per heavy atom. The van der Waals surface area contributed by atoms with Crippen LogP contribution in [0.5, 0.6) is 11.5 Å². The van der Waals surface area contributed by atoms with E-state index in [1.165, 1.54) is 12.8 Å². The lowest BCUT2D eigenvalue weighted by Crippen LogP contribution is -2.51. The number of urea groups is 1. The average molecular weight is 360 g/mol. The van der Waals surface area contributed by atoms with Crippen molar-refractivity contribution >= 4 is 6.03 Å². The molecule has 0 spiro atoms. The van der Waals surface area contributed by atoms with Crippen molar-refractivity contribution in [3.63, 3.8) is 0 Å². The number of rotatable bonds is 3. The fourth-order valence-corrected chi connectivity index (χ4v) is 4.04. The van der Waals surface area contributed by atoms with Crippen LogP contribution in [0.15, 0.2) is 18.2 Å². The maximum Gasteiger partial charge on any atom is 0.318 e. The van der Waals surface area contributed by atoms with Crippen LogP contribution in [0, 0.1) is 11.8 Å². The van der Waals surface area contributed by atoms with Crippen LogP contribution in [0.4, 0.5) is 4.79 Å². The molecule has 1 aromatic rings. The van der Waals surface area contributed by atoms with Crippen LogP contribution in [-0.2, 0) is 11.3 Å². The van der Waals surface area contributed by atoms with E-state index in [2.05, 4.69) is 5.32 Å². The summed E-state index contributed by atoms with van der Waals surface area (Å²) < 4.78 is 17.1. The molecule has 0 bridgehead atoms. The summed E-state index contributed by atoms with van der Waals surface area (Å²) in [7, 11) is 1.64. The number of benzene rings is 1. The number of nitrogens with one attached hydrogen (secondary N) is 1. The highest BCUT2D eigenvalue weighted by Gasteiger charge is 2.42. The Kier molecular flexibility index (Phi) is 4.47. The molecule has 6 nitrogen and oxygen atoms in total. The number of methoxy groups -OCH3 is 1. The van der Waals surface area contributed by atoms with Crippen LogP contribution < -0.4 is 14.8 Å². The van der Waals surface area contributed by atoms with Crippen LogP contribution in [0.1, 0.15) is 32.3 Å². The standard InChI is InChI=1S/C20H28N2O4/c1-20(2)12-22(9-14-6-7-15(24-3)8-18(14)26-20)19(23)21-17-11-25-10-16(17)13-4-5-13/h6-8,13,16-17H,4-5,9-12H2,1-3H3,(H,21,23). The first-order valence-electron chi connectivity index (χ1n) is 9.44. The lowest BCUT2D eigenvalue weighted by Gasteiger charge is -2.31. The highest BCUT2D eigenvalue weighted by atomic mass is 16.5. The summed E-state index contributed by atoms with van der Waals surface area (Å²) in [5.74, 6) is 2.73. The summed E-state index contributed by atoms with van der Waals surface area (Å²) in [6, 6.07) is 5.86. The molecule has 0 radical (unpaired) electrons. The molecule has 2 heterocycles. The van der Waals surface area contributed by atoms with Crippen LogP contribution in [0.3, 0.4) is 0 Å². The minimum Gasteiger partial charge on any atom is -0.497 e. The molecule has 2 unspecified atom stereocenters. The first-order chi connectivity index (χ1) is 12.4. The first kappa shape index (κ1) is 17.5. The van der Waals surface area contributed by atoms with Gasteiger partial charge in [-0.15, -0.1) is 0 Å². The van der Waals surface area contributed by atoms with E-state index in [0.717, 1.165) is 29.6 Å². The monoisotopic (exact) mass is 360 g/mol. The molecule has 1 aliphatic carbocycles. The van der Waals surface area contributed by atoms with Crippen molar-refractivity contribution in [3.8, 4) is 11.5 Å². The third-order valence-electron chi connectivity index (χ3n) is 5.54. The molecule has 1 aromatic carbocycles. The highest BCUT2D eigenvalue weighted by molar-refractivity contribution is 5.75. The number of carbonyl (C=O) groups excluding carboxylic acids is 1. The summed E-state index contributed by atoms with van der Waals surface area (Å²) in [6.07, 6.45) is 2.53. The molecular weight excluding hydrogens is 332 g/mol. The Balaban J connectivity index is 1.50. The molecule has 0 aromatic heterocycles. The topological polar surface area (TPSA) is 60.0 Å². The maximum atomic E-state index is 13.0. The SMILES string of the molecule is COc1ccc2c(c1)OC(C)(C)CN(C(=O)NC1COCC1C1CC1)C2. The van der Waals surface area contributed by atoms with Crippen LogP contribution in [0.2, 0.25) is 0 Å². The number of ether oxygens (including phenoxy) is 3. The van der Waals surface area contributed by atoms with E-state index >= 15 is 0 Å². The molecule has 6 heteroatoms. The maximum absolute atomic E-state index is 13.0. The third-order valence-corrected chi connectivity index (χ3v) is 5.54. The van der Waals surface area contributed by atoms with Crippen LogP contribution in [-0.4, -0.2) is 49.4 Å². The van der Waals surface area contributed by atoms with Crippen molar-refractivity contribution in [3.05, 3.63) is 23.8 Å². The van der Waals surface area contributed by atoms with Gasteiger partial charge >= 0.3 is 6.03 Å². The Bertz CT molecular complexity index is 686. The van der Waals surface area contributed by atoms with Crippen molar-refractivity contribution in [2.45, 2.75) is 44.9 Å². The molecule has 2 amide bonds. The van der Waals surface area contributed by atoms with E-state index in [1.54, 1.807) is 7.11 Å². The molecule has 1 saturated heterocycles. The van der Waals surface area contributed by atoms with Crippen molar-refractivity contribution in [1.82, 2.24) is 10.2 Å². The minimum atomic E-state index is -0.475. The lowest BCUT2D eigenvalue weighted by atomic mass is 9.98. The predicted molar refractivity (Wildman–Crippen MR) is 97.5 cm³/mol. The van der Waals surface area contributed by atoms with Crippen LogP contribution in [0.25, 0.3) is 0 Å². The van der Waals surface area contributed by atoms with E-state index in [4.69, 9.17) is 14.2 Å². The van der Waals surface area contributed by atoms with Gasteiger partial charge in [0.05, 0.1) is 39.5 Å². The van der Waals surface area contributed by atoms with Crippen molar-refractivity contribution in [2.24, 2.45) is 11.8 Å². The van der Waals surface area contributed by atoms with Gasteiger partial charge in [-0.05, 0) is 44.7 Å². The molecule has 1 saturated carbocycles. The number of hydrogen-bond acceptors (Lipinski definition) is 4. The zero-order valence-corrected chi connectivity index (χ0v) is 15.8. The van der Waals surface area contributed by atoms with Gasteiger partial charge in [0.25, 0.3) is 0 Å². The third kappa shape index (κ3) is 3.61. The van der Waals surface area contributed by atoms with Gasteiger partial charge in [-0.25, -0.2) is 4.79 Å². The summed E-state index contributed by atoms with van der Waals surface area (Å²) in [5.41, 5.74) is 0.518. The second kappa shape index (κ2) is 6.65. The largest absolute Gasteiger partial charge is 0.497 e. The van der Waals surface area contributed by atoms with Gasteiger partial charge < -0.3 is 24.4 Å². The summed E-state index contributed by atoms with van der Waals surface area (Å²) in [6.45, 7) is 6.45. The molecule has 1 N–H and O–H groups in total. The number of carbonyl (C=O) groups is 1. The smallest absolute Gasteiger partial charge is 0.318 e. The molecule has 3 aliphatic rings. The molecule has 142 valence electrons. The van der Waals surface area contributed by atoms with Crippen LogP contribution >= 0.6 is 0 Å². The Morgan fingerprint density at radius 3 is 2.85 bits per heavy atom. The Hall–Kier alpha value is -1.95. The van der Waals surface area contributed by atoms with Gasteiger partial charge in [0.1, 0.15) is 17.1 Å². The van der Waals surface area contributed by atoms with Gasteiger partial charge in [0.2, 0.25) is 0 Å². The van der Waals surface area contributed by atoms with Gasteiger partial charge in [0.15, 0.2) is 0 Å². The summed E-state index contributed by atoms with van der Waals surface area (Å²) in [4.78, 5) is 14.8. The second-order valence-electron chi connectivity index (χ2n) is 8.29. The van der Waals surface area contributed by atoms with Gasteiger partial charge in [0, 0.05) is 17.5 Å². The van der Waals surface area contributed by atoms with Gasteiger partial charge in [-0.2, -0.15) is 0 Å². The minimum absolute atomic E-state index is 0.0357. The fraction of sp³-hybridized carbons (Fsp3) is 0.650. The highest BCUT2D eigenvalue weighted by Crippen LogP contribution is 2.41. The number of nitrogens with zero attached hydrogens (tertiary/aromatic N) is 1. The zero-order chi connectivity index (χ0) is 18.3. The number of fused-ring (bicyclic) bond motifs is 1. The van der Waals surface area contributed by atoms with E-state index in [-0.39, 0.29) is 12.1 Å². The molecule has 2 aliphatic heterocycles. The van der Waals surface area contributed by atoms with E-state index in [0.29, 0.717) is 25.6 Å². The lowest BCUT2D eigenvalue weighted by molar-refractivity contribution is 0.0794. The Morgan fingerprint density at radius 2 is 2.12 bits per heavy atom. The summed E-state index contributed by atoms with van der Waals surface area (Å²) >= 11 is 0. The molecule has 2 fully saturated rings. The summed E-state index contributed by atoms with van der Waals surface area (Å²) in [5, 5.41) is 3.22. The average Bonchev–Trinajstić information content (AvgIpc) is 3.36. The van der Waals surface area contributed by atoms with Crippen molar-refractivity contribution in [2.75, 3.05) is 26.9 Å². The van der Waals surface area contributed by atoms with E-state index in [1.807, 2.05) is 36.9 Å². The Labute approximate surface area is 154 Å². The molecular formula is C20H28N2O4. The predicted octanol–water partition coefficient (Wildman–Crippen LogP) is 2.80.